The van der Waals surface area contributed by atoms with Crippen LogP contribution >= 0.6 is 22.7 Å². The number of hydrogen-bond donors (Lipinski definition) is 0. The third-order valence-electron chi connectivity index (χ3n) is 3.50. The predicted octanol–water partition coefficient (Wildman–Crippen LogP) is 3.89. The van der Waals surface area contributed by atoms with Crippen LogP contribution in [0.4, 0.5) is 0 Å². The quantitative estimate of drug-likeness (QED) is 0.706. The molecule has 3 aromatic rings. The van der Waals surface area contributed by atoms with Gasteiger partial charge in [0.1, 0.15) is 9.88 Å². The van der Waals surface area contributed by atoms with Crippen molar-refractivity contribution in [1.29, 1.82) is 0 Å². The number of aryl methyl sites for hydroxylation is 1. The number of pyridine rings is 1. The highest BCUT2D eigenvalue weighted by Gasteiger charge is 2.19. The highest BCUT2D eigenvalue weighted by molar-refractivity contribution is 7.22. The minimum atomic E-state index is 0.0266. The molecule has 0 bridgehead atoms. The molecule has 0 radical (unpaired) electrons. The SMILES string of the molecule is Cc1nc(-c2cccs2)sc1C(=O)N(C)CCc1ccccn1. The first kappa shape index (κ1) is 15.8. The predicted molar refractivity (Wildman–Crippen MR) is 95.1 cm³/mol. The summed E-state index contributed by atoms with van der Waals surface area (Å²) in [6, 6.07) is 9.86. The number of amides is 1. The molecule has 3 rings (SSSR count). The van der Waals surface area contributed by atoms with E-state index in [0.717, 1.165) is 32.6 Å². The summed E-state index contributed by atoms with van der Waals surface area (Å²) in [5, 5.41) is 2.94. The van der Waals surface area contributed by atoms with Gasteiger partial charge in [-0.3, -0.25) is 9.78 Å². The van der Waals surface area contributed by atoms with Gasteiger partial charge >= 0.3 is 0 Å². The number of likely N-dealkylation sites (N-methyl/N-ethyl adjacent to an activating group) is 1. The Balaban J connectivity index is 1.70. The Hall–Kier alpha value is -2.05. The maximum atomic E-state index is 12.6. The fourth-order valence-corrected chi connectivity index (χ4v) is 4.06. The van der Waals surface area contributed by atoms with E-state index < -0.39 is 0 Å². The van der Waals surface area contributed by atoms with Crippen LogP contribution in [-0.2, 0) is 6.42 Å². The Morgan fingerprint density at radius 3 is 2.83 bits per heavy atom. The van der Waals surface area contributed by atoms with Gasteiger partial charge < -0.3 is 4.90 Å². The smallest absolute Gasteiger partial charge is 0.265 e. The third kappa shape index (κ3) is 3.65. The lowest BCUT2D eigenvalue weighted by Gasteiger charge is -2.16. The number of carbonyl (C=O) groups excluding carboxylic acids is 1. The molecule has 23 heavy (non-hydrogen) atoms. The van der Waals surface area contributed by atoms with E-state index in [4.69, 9.17) is 0 Å². The fourth-order valence-electron chi connectivity index (χ4n) is 2.20. The number of thiazole rings is 1. The molecule has 0 spiro atoms. The van der Waals surface area contributed by atoms with Gasteiger partial charge in [0, 0.05) is 31.9 Å². The van der Waals surface area contributed by atoms with E-state index in [1.807, 2.05) is 49.7 Å². The maximum Gasteiger partial charge on any atom is 0.265 e. The number of rotatable bonds is 5. The van der Waals surface area contributed by atoms with Crippen LogP contribution in [0.15, 0.2) is 41.9 Å². The van der Waals surface area contributed by atoms with Crippen molar-refractivity contribution < 1.29 is 4.79 Å². The lowest BCUT2D eigenvalue weighted by molar-refractivity contribution is 0.0800. The molecule has 0 saturated carbocycles. The van der Waals surface area contributed by atoms with Crippen molar-refractivity contribution in [3.8, 4) is 9.88 Å². The number of nitrogens with zero attached hydrogens (tertiary/aromatic N) is 3. The van der Waals surface area contributed by atoms with Crippen molar-refractivity contribution in [1.82, 2.24) is 14.9 Å². The van der Waals surface area contributed by atoms with Crippen LogP contribution in [-0.4, -0.2) is 34.4 Å². The van der Waals surface area contributed by atoms with Crippen molar-refractivity contribution in [2.24, 2.45) is 0 Å². The van der Waals surface area contributed by atoms with E-state index in [1.165, 1.54) is 11.3 Å². The second-order valence-corrected chi connectivity index (χ2v) is 7.16. The molecule has 0 aliphatic carbocycles. The van der Waals surface area contributed by atoms with E-state index in [0.29, 0.717) is 6.54 Å². The minimum Gasteiger partial charge on any atom is -0.341 e. The molecule has 3 heterocycles. The zero-order valence-corrected chi connectivity index (χ0v) is 14.7. The molecule has 0 aromatic carbocycles. The van der Waals surface area contributed by atoms with Crippen molar-refractivity contribution in [3.63, 3.8) is 0 Å². The average molecular weight is 343 g/mol. The molecule has 0 saturated heterocycles. The van der Waals surface area contributed by atoms with Gasteiger partial charge in [-0.1, -0.05) is 12.1 Å². The summed E-state index contributed by atoms with van der Waals surface area (Å²) < 4.78 is 0. The van der Waals surface area contributed by atoms with Crippen molar-refractivity contribution in [2.45, 2.75) is 13.3 Å². The molecule has 4 nitrogen and oxygen atoms in total. The van der Waals surface area contributed by atoms with Crippen molar-refractivity contribution >= 4 is 28.6 Å². The van der Waals surface area contributed by atoms with Crippen LogP contribution in [0.5, 0.6) is 0 Å². The second kappa shape index (κ2) is 7.02. The van der Waals surface area contributed by atoms with Gasteiger partial charge in [0.15, 0.2) is 0 Å². The van der Waals surface area contributed by atoms with Gasteiger partial charge in [0.25, 0.3) is 5.91 Å². The molecule has 0 N–H and O–H groups in total. The van der Waals surface area contributed by atoms with Crippen LogP contribution in [0.1, 0.15) is 21.1 Å². The first-order valence-electron chi connectivity index (χ1n) is 7.32. The normalized spacial score (nSPS) is 10.7. The molecular formula is C17H17N3OS2. The van der Waals surface area contributed by atoms with Gasteiger partial charge in [-0.2, -0.15) is 0 Å². The second-order valence-electron chi connectivity index (χ2n) is 5.21. The maximum absolute atomic E-state index is 12.6. The fraction of sp³-hybridized carbons (Fsp3) is 0.235. The highest BCUT2D eigenvalue weighted by atomic mass is 32.1. The summed E-state index contributed by atoms with van der Waals surface area (Å²) in [6.45, 7) is 2.54. The Morgan fingerprint density at radius 1 is 1.26 bits per heavy atom. The molecule has 0 fully saturated rings. The summed E-state index contributed by atoms with van der Waals surface area (Å²) in [6.07, 6.45) is 2.52. The molecule has 0 aliphatic heterocycles. The third-order valence-corrected chi connectivity index (χ3v) is 5.68. The lowest BCUT2D eigenvalue weighted by atomic mass is 10.2. The Bertz CT molecular complexity index is 782. The van der Waals surface area contributed by atoms with E-state index in [2.05, 4.69) is 9.97 Å². The van der Waals surface area contributed by atoms with Crippen molar-refractivity contribution in [2.75, 3.05) is 13.6 Å². The first-order valence-corrected chi connectivity index (χ1v) is 9.01. The monoisotopic (exact) mass is 343 g/mol. The topological polar surface area (TPSA) is 46.1 Å². The number of aromatic nitrogens is 2. The Kier molecular flexibility index (Phi) is 4.83. The molecule has 118 valence electrons. The van der Waals surface area contributed by atoms with E-state index in [1.54, 1.807) is 22.4 Å². The van der Waals surface area contributed by atoms with E-state index in [-0.39, 0.29) is 5.91 Å². The summed E-state index contributed by atoms with van der Waals surface area (Å²) in [4.78, 5) is 25.1. The van der Waals surface area contributed by atoms with Gasteiger partial charge in [-0.05, 0) is 30.5 Å². The summed E-state index contributed by atoms with van der Waals surface area (Å²) >= 11 is 3.11. The number of thiophene rings is 1. The van der Waals surface area contributed by atoms with Gasteiger partial charge in [0.2, 0.25) is 0 Å². The zero-order chi connectivity index (χ0) is 16.2. The molecular weight excluding hydrogens is 326 g/mol. The summed E-state index contributed by atoms with van der Waals surface area (Å²) in [5.41, 5.74) is 1.79. The average Bonchev–Trinajstić information content (AvgIpc) is 3.22. The van der Waals surface area contributed by atoms with E-state index in [9.17, 15) is 4.79 Å². The summed E-state index contributed by atoms with van der Waals surface area (Å²) in [5.74, 6) is 0.0266. The van der Waals surface area contributed by atoms with Gasteiger partial charge in [0.05, 0.1) is 10.6 Å². The Labute approximate surface area is 143 Å². The number of carbonyl (C=O) groups is 1. The zero-order valence-electron chi connectivity index (χ0n) is 13.0. The minimum absolute atomic E-state index is 0.0266. The van der Waals surface area contributed by atoms with Crippen LogP contribution in [0.25, 0.3) is 9.88 Å². The molecule has 1 amide bonds. The van der Waals surface area contributed by atoms with Crippen LogP contribution in [0, 0.1) is 6.92 Å². The standard InChI is InChI=1S/C17H17N3OS2/c1-12-15(23-16(19-12)14-7-5-11-22-14)17(21)20(2)10-8-13-6-3-4-9-18-13/h3-7,9,11H,8,10H2,1-2H3. The van der Waals surface area contributed by atoms with Crippen molar-refractivity contribution in [3.05, 3.63) is 58.2 Å². The van der Waals surface area contributed by atoms with Crippen LogP contribution < -0.4 is 0 Å². The number of hydrogen-bond acceptors (Lipinski definition) is 5. The molecule has 6 heteroatoms. The van der Waals surface area contributed by atoms with Crippen LogP contribution in [0.3, 0.4) is 0 Å². The van der Waals surface area contributed by atoms with Gasteiger partial charge in [-0.25, -0.2) is 4.98 Å². The largest absolute Gasteiger partial charge is 0.341 e. The Morgan fingerprint density at radius 2 is 2.13 bits per heavy atom. The van der Waals surface area contributed by atoms with E-state index >= 15 is 0 Å². The first-order chi connectivity index (χ1) is 11.1. The lowest BCUT2D eigenvalue weighted by Crippen LogP contribution is -2.28. The van der Waals surface area contributed by atoms with Crippen LogP contribution in [0.2, 0.25) is 0 Å². The molecule has 0 atom stereocenters. The molecule has 0 aliphatic rings. The highest BCUT2D eigenvalue weighted by Crippen LogP contribution is 2.31. The summed E-state index contributed by atoms with van der Waals surface area (Å²) in [7, 11) is 1.83. The molecule has 3 aromatic heterocycles. The van der Waals surface area contributed by atoms with Gasteiger partial charge in [-0.15, -0.1) is 22.7 Å². The molecule has 0 unspecified atom stereocenters.